The Balaban J connectivity index is 3.05. The second-order valence-corrected chi connectivity index (χ2v) is 3.77. The fourth-order valence-electron chi connectivity index (χ4n) is 1.12. The summed E-state index contributed by atoms with van der Waals surface area (Å²) in [5.41, 5.74) is 0. The molecular formula is C10H17N7. The predicted octanol–water partition coefficient (Wildman–Crippen LogP) is 1.04. The normalized spacial score (nSPS) is 9.88. The summed E-state index contributed by atoms with van der Waals surface area (Å²) < 4.78 is 0. The lowest BCUT2D eigenvalue weighted by Gasteiger charge is -2.13. The molecule has 0 bridgehead atoms. The third-order valence-electron chi connectivity index (χ3n) is 1.83. The van der Waals surface area contributed by atoms with E-state index in [1.807, 2.05) is 27.0 Å². The molecular weight excluding hydrogens is 218 g/mol. The first kappa shape index (κ1) is 13.0. The third kappa shape index (κ3) is 3.75. The third-order valence-corrected chi connectivity index (χ3v) is 1.83. The molecule has 2 N–H and O–H groups in total. The number of anilines is 3. The van der Waals surface area contributed by atoms with Gasteiger partial charge in [-0.05, 0) is 20.8 Å². The van der Waals surface area contributed by atoms with Crippen LogP contribution in [0, 0.1) is 11.5 Å². The maximum atomic E-state index is 8.82. The zero-order valence-electron chi connectivity index (χ0n) is 10.5. The van der Waals surface area contributed by atoms with Crippen LogP contribution in [0.4, 0.5) is 17.8 Å². The summed E-state index contributed by atoms with van der Waals surface area (Å²) in [6.45, 7) is 6.64. The smallest absolute Gasteiger partial charge is 0.245 e. The van der Waals surface area contributed by atoms with E-state index in [0.29, 0.717) is 24.4 Å². The first-order valence-corrected chi connectivity index (χ1v) is 5.46. The van der Waals surface area contributed by atoms with Gasteiger partial charge in [-0.25, -0.2) is 0 Å². The van der Waals surface area contributed by atoms with Crippen LogP contribution < -0.4 is 15.5 Å². The summed E-state index contributed by atoms with van der Waals surface area (Å²) in [7, 11) is 1.60. The minimum absolute atomic E-state index is 0.215. The average Bonchev–Trinajstić information content (AvgIpc) is 2.27. The van der Waals surface area contributed by atoms with Crippen molar-refractivity contribution in [3.63, 3.8) is 0 Å². The van der Waals surface area contributed by atoms with E-state index in [9.17, 15) is 0 Å². The molecule has 1 rings (SSSR count). The van der Waals surface area contributed by atoms with Gasteiger partial charge in [0.1, 0.15) is 0 Å². The van der Waals surface area contributed by atoms with Gasteiger partial charge in [0.25, 0.3) is 0 Å². The molecule has 0 aliphatic carbocycles. The van der Waals surface area contributed by atoms with Gasteiger partial charge in [-0.3, -0.25) is 4.90 Å². The van der Waals surface area contributed by atoms with Gasteiger partial charge in [0.2, 0.25) is 17.8 Å². The molecule has 0 fully saturated rings. The summed E-state index contributed by atoms with van der Waals surface area (Å²) in [5, 5.41) is 14.9. The van der Waals surface area contributed by atoms with Gasteiger partial charge in [-0.15, -0.1) is 0 Å². The zero-order valence-corrected chi connectivity index (χ0v) is 10.5. The Labute approximate surface area is 101 Å². The highest BCUT2D eigenvalue weighted by Gasteiger charge is 2.10. The van der Waals surface area contributed by atoms with Crippen molar-refractivity contribution < 1.29 is 0 Å². The largest absolute Gasteiger partial charge is 0.354 e. The van der Waals surface area contributed by atoms with Crippen molar-refractivity contribution in [3.05, 3.63) is 0 Å². The summed E-state index contributed by atoms with van der Waals surface area (Å²) >= 11 is 0. The van der Waals surface area contributed by atoms with Crippen LogP contribution in [-0.4, -0.2) is 34.6 Å². The Hall–Kier alpha value is -2.10. The number of nitrogens with one attached hydrogen (secondary N) is 2. The molecule has 0 atom stereocenters. The van der Waals surface area contributed by atoms with E-state index in [2.05, 4.69) is 25.6 Å². The molecule has 0 aromatic carbocycles. The molecule has 0 aliphatic rings. The van der Waals surface area contributed by atoms with Crippen LogP contribution in [0.25, 0.3) is 0 Å². The van der Waals surface area contributed by atoms with E-state index < -0.39 is 0 Å². The van der Waals surface area contributed by atoms with Crippen molar-refractivity contribution in [2.45, 2.75) is 26.8 Å². The lowest BCUT2D eigenvalue weighted by molar-refractivity contribution is 0.862. The Morgan fingerprint density at radius 3 is 2.47 bits per heavy atom. The molecule has 7 heteroatoms. The number of hydrogen-bond donors (Lipinski definition) is 2. The van der Waals surface area contributed by atoms with E-state index in [1.54, 1.807) is 7.05 Å². The van der Waals surface area contributed by atoms with Crippen LogP contribution in [0.15, 0.2) is 0 Å². The fraction of sp³-hybridized carbons (Fsp3) is 0.600. The highest BCUT2D eigenvalue weighted by Crippen LogP contribution is 2.12. The van der Waals surface area contributed by atoms with Crippen LogP contribution in [0.1, 0.15) is 20.8 Å². The van der Waals surface area contributed by atoms with Crippen molar-refractivity contribution in [2.24, 2.45) is 0 Å². The van der Waals surface area contributed by atoms with Gasteiger partial charge < -0.3 is 10.6 Å². The molecule has 1 aromatic heterocycles. The number of hydrogen-bond acceptors (Lipinski definition) is 7. The maximum Gasteiger partial charge on any atom is 0.245 e. The van der Waals surface area contributed by atoms with Crippen LogP contribution in [0.3, 0.4) is 0 Å². The van der Waals surface area contributed by atoms with E-state index >= 15 is 0 Å². The molecule has 92 valence electrons. The van der Waals surface area contributed by atoms with Gasteiger partial charge in [0.05, 0.1) is 0 Å². The Kier molecular flexibility index (Phi) is 4.46. The van der Waals surface area contributed by atoms with Crippen molar-refractivity contribution in [2.75, 3.05) is 29.1 Å². The standard InChI is InChI=1S/C10H17N7/c1-5-12-8-14-9(13-7(2)3)16-10(15-8)17(4)6-11/h7H,5H2,1-4H3,(H2,12,13,14,15,16). The predicted molar refractivity (Wildman–Crippen MR) is 66.8 cm³/mol. The molecule has 1 heterocycles. The summed E-state index contributed by atoms with van der Waals surface area (Å²) in [5.74, 6) is 1.24. The number of rotatable bonds is 5. The van der Waals surface area contributed by atoms with Gasteiger partial charge in [-0.1, -0.05) is 0 Å². The van der Waals surface area contributed by atoms with Crippen molar-refractivity contribution in [1.29, 1.82) is 5.26 Å². The van der Waals surface area contributed by atoms with Gasteiger partial charge in [0, 0.05) is 19.6 Å². The minimum Gasteiger partial charge on any atom is -0.354 e. The minimum atomic E-state index is 0.215. The van der Waals surface area contributed by atoms with Crippen molar-refractivity contribution >= 4 is 17.8 Å². The summed E-state index contributed by atoms with van der Waals surface area (Å²) in [6.07, 6.45) is 1.96. The zero-order chi connectivity index (χ0) is 12.8. The Morgan fingerprint density at radius 2 is 1.94 bits per heavy atom. The molecule has 0 spiro atoms. The monoisotopic (exact) mass is 235 g/mol. The summed E-state index contributed by atoms with van der Waals surface area (Å²) in [4.78, 5) is 13.8. The molecule has 0 radical (unpaired) electrons. The van der Waals surface area contributed by atoms with Crippen molar-refractivity contribution in [3.8, 4) is 6.19 Å². The van der Waals surface area contributed by atoms with Crippen LogP contribution >= 0.6 is 0 Å². The van der Waals surface area contributed by atoms with E-state index in [0.717, 1.165) is 0 Å². The van der Waals surface area contributed by atoms with Crippen LogP contribution in [0.2, 0.25) is 0 Å². The van der Waals surface area contributed by atoms with Gasteiger partial charge in [0.15, 0.2) is 6.19 Å². The van der Waals surface area contributed by atoms with Gasteiger partial charge in [-0.2, -0.15) is 20.2 Å². The lowest BCUT2D eigenvalue weighted by atomic mass is 10.4. The van der Waals surface area contributed by atoms with E-state index in [4.69, 9.17) is 5.26 Å². The van der Waals surface area contributed by atoms with Gasteiger partial charge >= 0.3 is 0 Å². The first-order chi connectivity index (χ1) is 8.06. The molecule has 0 saturated carbocycles. The topological polar surface area (TPSA) is 89.8 Å². The fourth-order valence-corrected chi connectivity index (χ4v) is 1.12. The number of nitriles is 1. The van der Waals surface area contributed by atoms with Crippen molar-refractivity contribution in [1.82, 2.24) is 15.0 Å². The van der Waals surface area contributed by atoms with Crippen LogP contribution in [-0.2, 0) is 0 Å². The Morgan fingerprint density at radius 1 is 1.29 bits per heavy atom. The first-order valence-electron chi connectivity index (χ1n) is 5.46. The average molecular weight is 235 g/mol. The second kappa shape index (κ2) is 5.84. The molecule has 0 unspecified atom stereocenters. The van der Waals surface area contributed by atoms with E-state index in [-0.39, 0.29) is 6.04 Å². The highest BCUT2D eigenvalue weighted by atomic mass is 15.3. The number of aromatic nitrogens is 3. The second-order valence-electron chi connectivity index (χ2n) is 3.77. The van der Waals surface area contributed by atoms with E-state index in [1.165, 1.54) is 4.90 Å². The molecule has 17 heavy (non-hydrogen) atoms. The summed E-state index contributed by atoms with van der Waals surface area (Å²) in [6, 6.07) is 0.215. The maximum absolute atomic E-state index is 8.82. The molecule has 1 aromatic rings. The SMILES string of the molecule is CCNc1nc(NC(C)C)nc(N(C)C#N)n1. The lowest BCUT2D eigenvalue weighted by Crippen LogP contribution is -2.19. The molecule has 0 saturated heterocycles. The quantitative estimate of drug-likeness (QED) is 0.582. The molecule has 0 amide bonds. The molecule has 7 nitrogen and oxygen atoms in total. The number of nitrogens with zero attached hydrogens (tertiary/aromatic N) is 5. The molecule has 0 aliphatic heterocycles. The Bertz CT molecular complexity index is 410. The van der Waals surface area contributed by atoms with Crippen LogP contribution in [0.5, 0.6) is 0 Å². The highest BCUT2D eigenvalue weighted by molar-refractivity contribution is 5.45.